The summed E-state index contributed by atoms with van der Waals surface area (Å²) >= 11 is -6.47. The van der Waals surface area contributed by atoms with E-state index in [2.05, 4.69) is 0 Å². The van der Waals surface area contributed by atoms with Crippen LogP contribution in [0.5, 0.6) is 0 Å². The van der Waals surface area contributed by atoms with Crippen LogP contribution in [0.1, 0.15) is 0 Å². The molecule has 0 bridgehead atoms. The molecular weight excluding hydrogens is 264 g/mol. The molecule has 12 heavy (non-hydrogen) atoms. The molecule has 0 aliphatic carbocycles. The normalized spacial score (nSPS) is 11.3. The Hall–Kier alpha value is 1.22. The van der Waals surface area contributed by atoms with Crippen molar-refractivity contribution in [2.24, 2.45) is 0 Å². The first kappa shape index (κ1) is 23.2. The van der Waals surface area contributed by atoms with E-state index in [1.807, 2.05) is 0 Å². The zero-order valence-corrected chi connectivity index (χ0v) is 9.93. The first-order valence-corrected chi connectivity index (χ1v) is 4.10. The third kappa shape index (κ3) is 788. The third-order valence-electron chi connectivity index (χ3n) is 0. The Kier molecular flexibility index (Phi) is 44.1. The fraction of sp³-hybridized carbons (Fsp3) is 0. The van der Waals surface area contributed by atoms with Crippen LogP contribution in [-0.4, -0.2) is 72.8 Å². The van der Waals surface area contributed by atoms with Gasteiger partial charge in [0.25, 0.3) is 0 Å². The maximum Gasteiger partial charge on any atom is 2.00 e. The van der Waals surface area contributed by atoms with Crippen molar-refractivity contribution in [1.29, 1.82) is 0 Å². The molecule has 0 aliphatic rings. The van der Waals surface area contributed by atoms with Crippen molar-refractivity contribution in [1.82, 2.24) is 0 Å². The zero-order chi connectivity index (χ0) is 9.86. The predicted octanol–water partition coefficient (Wildman–Crippen LogP) is -2.37. The molecule has 0 aromatic carbocycles. The summed E-state index contributed by atoms with van der Waals surface area (Å²) in [5.41, 5.74) is 0. The molecule has 12 heteroatoms. The Balaban J connectivity index is -0.0000000389. The molecule has 2 atom stereocenters. The smallest absolute Gasteiger partial charge is 0.750 e. The van der Waals surface area contributed by atoms with Crippen LogP contribution >= 0.6 is 0 Å². The topological polar surface area (TPSA) is 155 Å². The Labute approximate surface area is 106 Å². The van der Waals surface area contributed by atoms with Crippen LogP contribution in [0.15, 0.2) is 0 Å². The van der Waals surface area contributed by atoms with Gasteiger partial charge in [0.15, 0.2) is 0 Å². The summed E-state index contributed by atoms with van der Waals surface area (Å²) in [6, 6.07) is 0. The Morgan fingerprint density at radius 3 is 1.00 bits per heavy atom. The largest absolute Gasteiger partial charge is 2.00 e. The summed E-state index contributed by atoms with van der Waals surface area (Å²) in [6.07, 6.45) is 0. The molecule has 0 fully saturated rings. The van der Waals surface area contributed by atoms with Crippen molar-refractivity contribution >= 4 is 72.0 Å². The first-order chi connectivity index (χ1) is 4.88. The second-order valence-electron chi connectivity index (χ2n) is 0.502. The van der Waals surface area contributed by atoms with Gasteiger partial charge in [0.05, 0.1) is 22.7 Å². The predicted molar refractivity (Wildman–Crippen MR) is 37.8 cm³/mol. The average Bonchev–Trinajstić information content (AvgIpc) is 1.60. The van der Waals surface area contributed by atoms with Crippen LogP contribution in [0.4, 0.5) is 0 Å². The monoisotopic (exact) mass is 266 g/mol. The van der Waals surface area contributed by atoms with Crippen LogP contribution in [0.25, 0.3) is 0 Å². The molecule has 0 heterocycles. The van der Waals surface area contributed by atoms with Crippen LogP contribution in [-0.2, 0) is 34.3 Å². The molecule has 2 unspecified atom stereocenters. The maximum atomic E-state index is 8.56. The van der Waals surface area contributed by atoms with Gasteiger partial charge in [-0.25, -0.2) is 8.42 Å². The zero-order valence-electron chi connectivity index (χ0n) is 5.28. The van der Waals surface area contributed by atoms with E-state index in [1.54, 1.807) is 0 Å². The molecule has 0 saturated heterocycles. The van der Waals surface area contributed by atoms with Crippen molar-refractivity contribution in [2.75, 3.05) is 0 Å². The molecule has 70 valence electrons. The fourth-order valence-corrected chi connectivity index (χ4v) is 0. The van der Waals surface area contributed by atoms with E-state index in [9.17, 15) is 0 Å². The van der Waals surface area contributed by atoms with Crippen LogP contribution < -0.4 is 0 Å². The van der Waals surface area contributed by atoms with Crippen LogP contribution in [0.3, 0.4) is 0 Å². The molecule has 0 aliphatic heterocycles. The molecule has 0 saturated carbocycles. The molecule has 0 amide bonds. The van der Waals surface area contributed by atoms with Crippen LogP contribution in [0.2, 0.25) is 0 Å². The summed E-state index contributed by atoms with van der Waals surface area (Å²) in [4.78, 5) is 0. The minimum absolute atomic E-state index is 0. The van der Waals surface area contributed by atoms with Crippen molar-refractivity contribution < 1.29 is 35.0 Å². The van der Waals surface area contributed by atoms with Gasteiger partial charge in [-0.2, -0.15) is 8.42 Å². The number of rotatable bonds is 0. The molecule has 0 aromatic heterocycles. The summed E-state index contributed by atoms with van der Waals surface area (Å²) in [5, 5.41) is 0. The molecule has 0 rings (SSSR count). The third-order valence-corrected chi connectivity index (χ3v) is 0. The standard InChI is InChI=1S/Ca.2H2O3S.O2S/c;2*1-4(2)3;1-3-2/h;2*(H2,1,2,3);/q+2;;;/p-2. The Morgan fingerprint density at radius 2 is 1.00 bits per heavy atom. The van der Waals surface area contributed by atoms with E-state index in [0.29, 0.717) is 0 Å². The minimum Gasteiger partial charge on any atom is -0.750 e. The second kappa shape index (κ2) is 22.8. The van der Waals surface area contributed by atoms with Crippen molar-refractivity contribution in [3.63, 3.8) is 0 Å². The van der Waals surface area contributed by atoms with E-state index >= 15 is 0 Å². The summed E-state index contributed by atoms with van der Waals surface area (Å²) in [5.74, 6) is 0. The van der Waals surface area contributed by atoms with Crippen molar-refractivity contribution in [2.45, 2.75) is 0 Å². The van der Waals surface area contributed by atoms with Gasteiger partial charge in [0, 0.05) is 0 Å². The number of hydrogen-bond donors (Lipinski definition) is 2. The molecule has 0 aromatic rings. The van der Waals surface area contributed by atoms with E-state index in [-0.39, 0.29) is 37.7 Å². The van der Waals surface area contributed by atoms with E-state index in [0.717, 1.165) is 0 Å². The SMILES string of the molecule is O=S([O-])O.O=S([O-])O.O=S=O.[Ca+2]. The summed E-state index contributed by atoms with van der Waals surface area (Å²) < 4.78 is 64.8. The van der Waals surface area contributed by atoms with Gasteiger partial charge in [0.1, 0.15) is 0 Å². The van der Waals surface area contributed by atoms with Crippen LogP contribution in [0, 0.1) is 0 Å². The van der Waals surface area contributed by atoms with Gasteiger partial charge in [-0.15, -0.1) is 0 Å². The Bertz CT molecular complexity index is 126. The van der Waals surface area contributed by atoms with Gasteiger partial charge in [-0.05, 0) is 0 Å². The maximum absolute atomic E-state index is 8.56. The van der Waals surface area contributed by atoms with Gasteiger partial charge in [-0.3, -0.25) is 0 Å². The fourth-order valence-electron chi connectivity index (χ4n) is 0. The van der Waals surface area contributed by atoms with Gasteiger partial charge < -0.3 is 18.2 Å². The van der Waals surface area contributed by atoms with Gasteiger partial charge in [0.2, 0.25) is 0 Å². The Morgan fingerprint density at radius 1 is 1.00 bits per heavy atom. The molecular formula is H2CaO8S3. The van der Waals surface area contributed by atoms with E-state index in [4.69, 9.17) is 35.0 Å². The average molecular weight is 266 g/mol. The van der Waals surface area contributed by atoms with E-state index < -0.39 is 34.3 Å². The molecule has 0 spiro atoms. The van der Waals surface area contributed by atoms with E-state index in [1.165, 1.54) is 0 Å². The second-order valence-corrected chi connectivity index (χ2v) is 1.51. The number of hydrogen-bond acceptors (Lipinski definition) is 6. The quantitative estimate of drug-likeness (QED) is 0.364. The first-order valence-electron chi connectivity index (χ1n) is 1.37. The summed E-state index contributed by atoms with van der Waals surface area (Å²) in [7, 11) is 0. The molecule has 0 radical (unpaired) electrons. The van der Waals surface area contributed by atoms with Crippen molar-refractivity contribution in [3.8, 4) is 0 Å². The van der Waals surface area contributed by atoms with Gasteiger partial charge in [-0.1, -0.05) is 0 Å². The van der Waals surface area contributed by atoms with Crippen molar-refractivity contribution in [3.05, 3.63) is 0 Å². The minimum atomic E-state index is -2.86. The summed E-state index contributed by atoms with van der Waals surface area (Å²) in [6.45, 7) is 0. The molecule has 8 nitrogen and oxygen atoms in total. The molecule has 2 N–H and O–H groups in total. The van der Waals surface area contributed by atoms with Gasteiger partial charge >= 0.3 is 49.3 Å².